The molecule has 2 saturated heterocycles. The number of anilines is 2. The Morgan fingerprint density at radius 1 is 0.808 bits per heavy atom. The number of carbonyl (C=O) groups excluding carboxylic acids is 1. The van der Waals surface area contributed by atoms with Gasteiger partial charge < -0.3 is 14.7 Å². The van der Waals surface area contributed by atoms with Crippen molar-refractivity contribution in [1.82, 2.24) is 25.1 Å². The van der Waals surface area contributed by atoms with Crippen LogP contribution in [0.2, 0.25) is 0 Å². The minimum absolute atomic E-state index is 0.00482. The highest BCUT2D eigenvalue weighted by Gasteiger charge is 2.22. The number of nitrogens with zero attached hydrogens (tertiary/aromatic N) is 7. The Kier molecular flexibility index (Phi) is 4.90. The fourth-order valence-electron chi connectivity index (χ4n) is 3.46. The number of likely N-dealkylation sites (tertiary alicyclic amines) is 1. The third-order valence-electron chi connectivity index (χ3n) is 4.95. The van der Waals surface area contributed by atoms with E-state index >= 15 is 0 Å². The molecule has 2 aromatic rings. The summed E-state index contributed by atoms with van der Waals surface area (Å²) in [4.78, 5) is 27.3. The Balaban J connectivity index is 1.36. The van der Waals surface area contributed by atoms with Crippen molar-refractivity contribution in [1.29, 1.82) is 0 Å². The first kappa shape index (κ1) is 16.7. The topological polar surface area (TPSA) is 78.4 Å². The van der Waals surface area contributed by atoms with E-state index in [-0.39, 0.29) is 5.91 Å². The van der Waals surface area contributed by atoms with Crippen molar-refractivity contribution in [2.75, 3.05) is 49.1 Å². The summed E-state index contributed by atoms with van der Waals surface area (Å²) < 4.78 is 0. The van der Waals surface area contributed by atoms with E-state index in [2.05, 4.69) is 30.0 Å². The van der Waals surface area contributed by atoms with Crippen LogP contribution in [-0.4, -0.2) is 70.2 Å². The largest absolute Gasteiger partial charge is 0.352 e. The first-order valence-electron chi connectivity index (χ1n) is 9.21. The van der Waals surface area contributed by atoms with Gasteiger partial charge in [0.2, 0.25) is 5.95 Å². The maximum absolute atomic E-state index is 12.5. The molecule has 0 N–H and O–H groups in total. The Labute approximate surface area is 152 Å². The Morgan fingerprint density at radius 2 is 1.50 bits per heavy atom. The molecule has 0 aromatic carbocycles. The molecule has 2 aliphatic rings. The molecule has 0 spiro atoms. The lowest BCUT2D eigenvalue weighted by molar-refractivity contribution is 0.0717. The van der Waals surface area contributed by atoms with Gasteiger partial charge in [-0.1, -0.05) is 0 Å². The summed E-state index contributed by atoms with van der Waals surface area (Å²) in [6.45, 7) is 4.97. The molecule has 1 amide bonds. The van der Waals surface area contributed by atoms with Crippen LogP contribution < -0.4 is 9.80 Å². The first-order valence-corrected chi connectivity index (χ1v) is 9.21. The summed E-state index contributed by atoms with van der Waals surface area (Å²) in [6.07, 6.45) is 6.88. The van der Waals surface area contributed by atoms with Crippen LogP contribution in [0.15, 0.2) is 30.6 Å². The van der Waals surface area contributed by atoms with Gasteiger partial charge in [0.1, 0.15) is 0 Å². The summed E-state index contributed by atoms with van der Waals surface area (Å²) in [6, 6.07) is 5.52. The standard InChI is InChI=1S/C18H23N7O/c26-17(24-9-2-1-3-10-24)15-5-6-16(22-21-15)23-11-13-25(14-12-23)18-19-7-4-8-20-18/h4-8H,1-3,9-14H2. The molecule has 26 heavy (non-hydrogen) atoms. The third kappa shape index (κ3) is 3.58. The molecule has 0 unspecified atom stereocenters. The minimum Gasteiger partial charge on any atom is -0.352 e. The summed E-state index contributed by atoms with van der Waals surface area (Å²) in [5, 5.41) is 8.48. The van der Waals surface area contributed by atoms with Gasteiger partial charge in [-0.3, -0.25) is 4.79 Å². The number of rotatable bonds is 3. The molecule has 8 nitrogen and oxygen atoms in total. The number of aromatic nitrogens is 4. The fraction of sp³-hybridized carbons (Fsp3) is 0.500. The zero-order valence-corrected chi connectivity index (χ0v) is 14.8. The van der Waals surface area contributed by atoms with E-state index < -0.39 is 0 Å². The van der Waals surface area contributed by atoms with Crippen LogP contribution in [0.3, 0.4) is 0 Å². The Morgan fingerprint density at radius 3 is 2.15 bits per heavy atom. The molecule has 4 heterocycles. The molecule has 0 saturated carbocycles. The van der Waals surface area contributed by atoms with E-state index in [9.17, 15) is 4.79 Å². The van der Waals surface area contributed by atoms with Crippen LogP contribution in [0, 0.1) is 0 Å². The second-order valence-electron chi connectivity index (χ2n) is 6.65. The molecule has 0 atom stereocenters. The van der Waals surface area contributed by atoms with Gasteiger partial charge in [0, 0.05) is 51.7 Å². The van der Waals surface area contributed by atoms with Crippen LogP contribution in [-0.2, 0) is 0 Å². The van der Waals surface area contributed by atoms with Crippen molar-refractivity contribution < 1.29 is 4.79 Å². The Bertz CT molecular complexity index is 723. The molecule has 136 valence electrons. The van der Waals surface area contributed by atoms with Crippen LogP contribution >= 0.6 is 0 Å². The van der Waals surface area contributed by atoms with Gasteiger partial charge in [-0.15, -0.1) is 10.2 Å². The predicted octanol–water partition coefficient (Wildman–Crippen LogP) is 1.22. The minimum atomic E-state index is -0.00482. The SMILES string of the molecule is O=C(c1ccc(N2CCN(c3ncccn3)CC2)nn1)N1CCCCC1. The second-order valence-corrected chi connectivity index (χ2v) is 6.65. The summed E-state index contributed by atoms with van der Waals surface area (Å²) >= 11 is 0. The molecular weight excluding hydrogens is 330 g/mol. The van der Waals surface area contributed by atoms with Gasteiger partial charge in [-0.05, 0) is 37.5 Å². The third-order valence-corrected chi connectivity index (χ3v) is 4.95. The number of hydrogen-bond acceptors (Lipinski definition) is 7. The number of hydrogen-bond donors (Lipinski definition) is 0. The van der Waals surface area contributed by atoms with Crippen molar-refractivity contribution in [3.8, 4) is 0 Å². The molecule has 8 heteroatoms. The lowest BCUT2D eigenvalue weighted by Gasteiger charge is -2.35. The van der Waals surface area contributed by atoms with Crippen molar-refractivity contribution in [2.24, 2.45) is 0 Å². The summed E-state index contributed by atoms with van der Waals surface area (Å²) in [5.41, 5.74) is 0.437. The number of piperidine rings is 1. The van der Waals surface area contributed by atoms with E-state index in [0.29, 0.717) is 5.69 Å². The zero-order chi connectivity index (χ0) is 17.8. The smallest absolute Gasteiger partial charge is 0.274 e. The maximum Gasteiger partial charge on any atom is 0.274 e. The quantitative estimate of drug-likeness (QED) is 0.821. The van der Waals surface area contributed by atoms with E-state index in [1.54, 1.807) is 18.5 Å². The highest BCUT2D eigenvalue weighted by Crippen LogP contribution is 2.17. The highest BCUT2D eigenvalue weighted by atomic mass is 16.2. The lowest BCUT2D eigenvalue weighted by atomic mass is 10.1. The van der Waals surface area contributed by atoms with Gasteiger partial charge in [0.05, 0.1) is 0 Å². The number of carbonyl (C=O) groups is 1. The molecule has 0 bridgehead atoms. The number of piperazine rings is 1. The van der Waals surface area contributed by atoms with Crippen LogP contribution in [0.4, 0.5) is 11.8 Å². The van der Waals surface area contributed by atoms with Crippen molar-refractivity contribution in [3.63, 3.8) is 0 Å². The molecule has 2 aromatic heterocycles. The molecule has 2 fully saturated rings. The summed E-state index contributed by atoms with van der Waals surface area (Å²) in [5.74, 6) is 1.57. The van der Waals surface area contributed by atoms with E-state index in [1.165, 1.54) is 6.42 Å². The van der Waals surface area contributed by atoms with Crippen molar-refractivity contribution >= 4 is 17.7 Å². The molecule has 4 rings (SSSR count). The Hall–Kier alpha value is -2.77. The van der Waals surface area contributed by atoms with Gasteiger partial charge in [-0.2, -0.15) is 0 Å². The average Bonchev–Trinajstić information content (AvgIpc) is 2.75. The van der Waals surface area contributed by atoms with E-state index in [4.69, 9.17) is 0 Å². The van der Waals surface area contributed by atoms with Gasteiger partial charge in [-0.25, -0.2) is 9.97 Å². The summed E-state index contributed by atoms with van der Waals surface area (Å²) in [7, 11) is 0. The molecular formula is C18H23N7O. The van der Waals surface area contributed by atoms with Crippen LogP contribution in [0.25, 0.3) is 0 Å². The molecule has 2 aliphatic heterocycles. The monoisotopic (exact) mass is 353 g/mol. The van der Waals surface area contributed by atoms with Gasteiger partial charge >= 0.3 is 0 Å². The molecule has 0 aliphatic carbocycles. The normalized spacial score (nSPS) is 18.1. The van der Waals surface area contributed by atoms with E-state index in [0.717, 1.165) is 63.9 Å². The van der Waals surface area contributed by atoms with Crippen LogP contribution in [0.5, 0.6) is 0 Å². The van der Waals surface area contributed by atoms with Gasteiger partial charge in [0.15, 0.2) is 11.5 Å². The predicted molar refractivity (Wildman–Crippen MR) is 98.2 cm³/mol. The second kappa shape index (κ2) is 7.63. The molecule has 0 radical (unpaired) electrons. The van der Waals surface area contributed by atoms with Crippen molar-refractivity contribution in [2.45, 2.75) is 19.3 Å². The zero-order valence-electron chi connectivity index (χ0n) is 14.8. The first-order chi connectivity index (χ1) is 12.8. The van der Waals surface area contributed by atoms with E-state index in [1.807, 2.05) is 17.0 Å². The van der Waals surface area contributed by atoms with Gasteiger partial charge in [0.25, 0.3) is 5.91 Å². The maximum atomic E-state index is 12.5. The lowest BCUT2D eigenvalue weighted by Crippen LogP contribution is -2.47. The highest BCUT2D eigenvalue weighted by molar-refractivity contribution is 5.92. The number of amides is 1. The average molecular weight is 353 g/mol. The fourth-order valence-corrected chi connectivity index (χ4v) is 3.46. The van der Waals surface area contributed by atoms with Crippen molar-refractivity contribution in [3.05, 3.63) is 36.3 Å². The van der Waals surface area contributed by atoms with Crippen LogP contribution in [0.1, 0.15) is 29.8 Å².